The first-order valence-corrected chi connectivity index (χ1v) is 4.05. The average Bonchev–Trinajstić information content (AvgIpc) is 2.10. The van der Waals surface area contributed by atoms with E-state index in [-0.39, 0.29) is 0 Å². The van der Waals surface area contributed by atoms with Gasteiger partial charge in [-0.25, -0.2) is 0 Å². The van der Waals surface area contributed by atoms with Gasteiger partial charge >= 0.3 is 0 Å². The van der Waals surface area contributed by atoms with Crippen molar-refractivity contribution in [3.05, 3.63) is 0 Å². The molecule has 0 bridgehead atoms. The highest BCUT2D eigenvalue weighted by molar-refractivity contribution is 4.67. The lowest BCUT2D eigenvalue weighted by Crippen LogP contribution is -3.07. The molecule has 0 saturated carbocycles. The summed E-state index contributed by atoms with van der Waals surface area (Å²) in [7, 11) is 2.30. The highest BCUT2D eigenvalue weighted by Crippen LogP contribution is 2.15. The normalized spacial score (nSPS) is 43.7. The second-order valence-corrected chi connectivity index (χ2v) is 3.51. The Bertz CT molecular complexity index is 90.6. The molecule has 0 amide bonds. The van der Waals surface area contributed by atoms with Gasteiger partial charge in [0, 0.05) is 11.8 Å². The van der Waals surface area contributed by atoms with Crippen molar-refractivity contribution in [1.29, 1.82) is 0 Å². The minimum absolute atomic E-state index is 0.968. The van der Waals surface area contributed by atoms with E-state index in [2.05, 4.69) is 20.9 Å². The Kier molecular flexibility index (Phi) is 2.12. The lowest BCUT2D eigenvalue weighted by atomic mass is 9.96. The van der Waals surface area contributed by atoms with Crippen molar-refractivity contribution in [1.82, 2.24) is 0 Å². The fourth-order valence-electron chi connectivity index (χ4n) is 2.00. The van der Waals surface area contributed by atoms with Crippen molar-refractivity contribution in [2.75, 3.05) is 20.1 Å². The van der Waals surface area contributed by atoms with Crippen molar-refractivity contribution in [2.24, 2.45) is 11.8 Å². The van der Waals surface area contributed by atoms with Gasteiger partial charge < -0.3 is 4.90 Å². The Morgan fingerprint density at radius 1 is 1.44 bits per heavy atom. The second-order valence-electron chi connectivity index (χ2n) is 3.51. The molecule has 0 aromatic rings. The number of likely N-dealkylation sites (tertiary alicyclic amines) is 1. The maximum atomic E-state index is 2.38. The fourth-order valence-corrected chi connectivity index (χ4v) is 2.00. The number of hydrogen-bond donors (Lipinski definition) is 1. The van der Waals surface area contributed by atoms with E-state index in [1.165, 1.54) is 19.5 Å². The molecule has 0 radical (unpaired) electrons. The summed E-state index contributed by atoms with van der Waals surface area (Å²) in [5.74, 6) is 1.97. The molecular formula is C8H18N+. The van der Waals surface area contributed by atoms with Crippen LogP contribution >= 0.6 is 0 Å². The maximum Gasteiger partial charge on any atom is 0.0802 e. The standard InChI is InChI=1S/C8H17N/c1-4-8-6-9(3)5-7(8)2/h7-8H,4-6H2,1-3H3/p+1. The molecule has 1 N–H and O–H groups in total. The summed E-state index contributed by atoms with van der Waals surface area (Å²) in [6, 6.07) is 0. The zero-order chi connectivity index (χ0) is 6.85. The predicted octanol–water partition coefficient (Wildman–Crippen LogP) is 0.177. The molecule has 1 fully saturated rings. The van der Waals surface area contributed by atoms with Crippen LogP contribution in [0.3, 0.4) is 0 Å². The van der Waals surface area contributed by atoms with Crippen LogP contribution in [-0.2, 0) is 0 Å². The SMILES string of the molecule is CCC1C[NH+](C)CC1C. The van der Waals surface area contributed by atoms with Gasteiger partial charge in [0.1, 0.15) is 0 Å². The van der Waals surface area contributed by atoms with E-state index in [1.807, 2.05) is 0 Å². The van der Waals surface area contributed by atoms with Crippen LogP contribution in [0.25, 0.3) is 0 Å². The van der Waals surface area contributed by atoms with Gasteiger partial charge in [0.25, 0.3) is 0 Å². The van der Waals surface area contributed by atoms with Crippen LogP contribution in [0.1, 0.15) is 20.3 Å². The molecule has 1 aliphatic heterocycles. The monoisotopic (exact) mass is 128 g/mol. The lowest BCUT2D eigenvalue weighted by Gasteiger charge is -2.05. The van der Waals surface area contributed by atoms with Crippen molar-refractivity contribution in [3.8, 4) is 0 Å². The minimum atomic E-state index is 0.968. The highest BCUT2D eigenvalue weighted by atomic mass is 15.1. The summed E-state index contributed by atoms with van der Waals surface area (Å²) in [4.78, 5) is 1.72. The second kappa shape index (κ2) is 2.70. The molecule has 1 aliphatic rings. The van der Waals surface area contributed by atoms with E-state index < -0.39 is 0 Å². The summed E-state index contributed by atoms with van der Waals surface area (Å²) in [5.41, 5.74) is 0. The number of quaternary nitrogens is 1. The van der Waals surface area contributed by atoms with Crippen LogP contribution in [0, 0.1) is 11.8 Å². The fraction of sp³-hybridized carbons (Fsp3) is 1.00. The van der Waals surface area contributed by atoms with Crippen LogP contribution in [0.4, 0.5) is 0 Å². The van der Waals surface area contributed by atoms with Crippen LogP contribution in [-0.4, -0.2) is 20.1 Å². The topological polar surface area (TPSA) is 4.44 Å². The molecule has 0 aromatic heterocycles. The summed E-state index contributed by atoms with van der Waals surface area (Å²) in [5, 5.41) is 0. The third kappa shape index (κ3) is 1.45. The van der Waals surface area contributed by atoms with E-state index in [4.69, 9.17) is 0 Å². The molecule has 0 aliphatic carbocycles. The molecule has 3 atom stereocenters. The first-order chi connectivity index (χ1) is 4.24. The lowest BCUT2D eigenvalue weighted by molar-refractivity contribution is -0.869. The van der Waals surface area contributed by atoms with Gasteiger partial charge in [-0.2, -0.15) is 0 Å². The van der Waals surface area contributed by atoms with E-state index in [9.17, 15) is 0 Å². The summed E-state index contributed by atoms with van der Waals surface area (Å²) < 4.78 is 0. The Balaban J connectivity index is 2.38. The number of nitrogens with one attached hydrogen (secondary N) is 1. The van der Waals surface area contributed by atoms with Gasteiger partial charge in [-0.3, -0.25) is 0 Å². The Morgan fingerprint density at radius 3 is 2.33 bits per heavy atom. The third-order valence-corrected chi connectivity index (χ3v) is 2.61. The smallest absolute Gasteiger partial charge is 0.0802 e. The molecule has 0 aromatic carbocycles. The van der Waals surface area contributed by atoms with Crippen molar-refractivity contribution in [2.45, 2.75) is 20.3 Å². The molecule has 9 heavy (non-hydrogen) atoms. The Labute approximate surface area is 58.0 Å². The van der Waals surface area contributed by atoms with E-state index in [0.717, 1.165) is 11.8 Å². The molecule has 54 valence electrons. The quantitative estimate of drug-likeness (QED) is 0.514. The van der Waals surface area contributed by atoms with Crippen LogP contribution in [0.5, 0.6) is 0 Å². The molecule has 1 heterocycles. The first kappa shape index (κ1) is 7.07. The van der Waals surface area contributed by atoms with Crippen LogP contribution < -0.4 is 4.90 Å². The molecule has 0 spiro atoms. The van der Waals surface area contributed by atoms with Gasteiger partial charge in [-0.05, 0) is 6.42 Å². The molecule has 1 heteroatoms. The van der Waals surface area contributed by atoms with Gasteiger partial charge in [0.05, 0.1) is 20.1 Å². The highest BCUT2D eigenvalue weighted by Gasteiger charge is 2.28. The predicted molar refractivity (Wildman–Crippen MR) is 39.6 cm³/mol. The van der Waals surface area contributed by atoms with Crippen LogP contribution in [0.15, 0.2) is 0 Å². The van der Waals surface area contributed by atoms with Gasteiger partial charge in [-0.1, -0.05) is 13.8 Å². The Morgan fingerprint density at radius 2 is 2.11 bits per heavy atom. The average molecular weight is 128 g/mol. The molecule has 1 saturated heterocycles. The van der Waals surface area contributed by atoms with Gasteiger partial charge in [0.15, 0.2) is 0 Å². The molecule has 1 rings (SSSR count). The third-order valence-electron chi connectivity index (χ3n) is 2.61. The Hall–Kier alpha value is -0.0400. The summed E-state index contributed by atoms with van der Waals surface area (Å²) in [6.07, 6.45) is 1.37. The first-order valence-electron chi connectivity index (χ1n) is 4.05. The van der Waals surface area contributed by atoms with Crippen molar-refractivity contribution >= 4 is 0 Å². The molecular weight excluding hydrogens is 110 g/mol. The summed E-state index contributed by atoms with van der Waals surface area (Å²) >= 11 is 0. The van der Waals surface area contributed by atoms with Gasteiger partial charge in [-0.15, -0.1) is 0 Å². The van der Waals surface area contributed by atoms with E-state index in [0.29, 0.717) is 0 Å². The van der Waals surface area contributed by atoms with Crippen molar-refractivity contribution in [3.63, 3.8) is 0 Å². The largest absolute Gasteiger partial charge is 0.337 e. The zero-order valence-corrected chi connectivity index (χ0v) is 6.78. The maximum absolute atomic E-state index is 2.38. The number of hydrogen-bond acceptors (Lipinski definition) is 0. The number of rotatable bonds is 1. The van der Waals surface area contributed by atoms with E-state index in [1.54, 1.807) is 4.90 Å². The molecule has 1 nitrogen and oxygen atoms in total. The van der Waals surface area contributed by atoms with E-state index >= 15 is 0 Å². The minimum Gasteiger partial charge on any atom is -0.337 e. The van der Waals surface area contributed by atoms with Crippen LogP contribution in [0.2, 0.25) is 0 Å². The van der Waals surface area contributed by atoms with Crippen molar-refractivity contribution < 1.29 is 4.90 Å². The summed E-state index contributed by atoms with van der Waals surface area (Å²) in [6.45, 7) is 7.47. The zero-order valence-electron chi connectivity index (χ0n) is 6.78. The molecule has 3 unspecified atom stereocenters. The van der Waals surface area contributed by atoms with Gasteiger partial charge in [0.2, 0.25) is 0 Å².